The minimum Gasteiger partial charge on any atom is -0.383 e. The average molecular weight is 259 g/mol. The number of rotatable bonds is 3. The summed E-state index contributed by atoms with van der Waals surface area (Å²) in [5.41, 5.74) is 9.22. The van der Waals surface area contributed by atoms with E-state index in [4.69, 9.17) is 5.73 Å². The van der Waals surface area contributed by atoms with Gasteiger partial charge in [-0.25, -0.2) is 4.98 Å². The Morgan fingerprint density at radius 2 is 2.05 bits per heavy atom. The van der Waals surface area contributed by atoms with Gasteiger partial charge in [0.2, 0.25) is 0 Å². The summed E-state index contributed by atoms with van der Waals surface area (Å²) in [6.07, 6.45) is 1.79. The predicted octanol–water partition coefficient (Wildman–Crippen LogP) is 3.29. The summed E-state index contributed by atoms with van der Waals surface area (Å²) in [6, 6.07) is 3.50. The van der Waals surface area contributed by atoms with Crippen LogP contribution in [0.1, 0.15) is 30.0 Å². The molecule has 0 aliphatic carbocycles. The molecular formula is C14H17N3O2. The number of nitrogens with two attached hydrogens (primary N) is 1. The Balaban J connectivity index is 2.81. The topological polar surface area (TPSA) is 82.0 Å². The monoisotopic (exact) mass is 259 g/mol. The minimum atomic E-state index is -0.350. The number of nitro groups is 1. The van der Waals surface area contributed by atoms with Crippen molar-refractivity contribution in [2.45, 2.75) is 33.6 Å². The van der Waals surface area contributed by atoms with Gasteiger partial charge in [-0.1, -0.05) is 13.3 Å². The van der Waals surface area contributed by atoms with Crippen molar-refractivity contribution in [3.05, 3.63) is 38.9 Å². The fourth-order valence-corrected chi connectivity index (χ4v) is 2.33. The quantitative estimate of drug-likeness (QED) is 0.677. The third-order valence-electron chi connectivity index (χ3n) is 3.37. The van der Waals surface area contributed by atoms with Gasteiger partial charge in [-0.3, -0.25) is 10.1 Å². The molecule has 0 amide bonds. The highest BCUT2D eigenvalue weighted by Gasteiger charge is 2.17. The first-order valence-electron chi connectivity index (χ1n) is 6.29. The molecule has 5 heteroatoms. The van der Waals surface area contributed by atoms with Crippen LogP contribution in [0.2, 0.25) is 0 Å². The van der Waals surface area contributed by atoms with Crippen molar-refractivity contribution < 1.29 is 4.92 Å². The van der Waals surface area contributed by atoms with E-state index >= 15 is 0 Å². The second-order valence-corrected chi connectivity index (χ2v) is 4.77. The van der Waals surface area contributed by atoms with Gasteiger partial charge in [0.05, 0.1) is 10.4 Å². The Bertz CT molecular complexity index is 666. The van der Waals surface area contributed by atoms with Crippen LogP contribution in [0, 0.1) is 24.0 Å². The lowest BCUT2D eigenvalue weighted by molar-refractivity contribution is -0.385. The maximum Gasteiger partial charge on any atom is 0.273 e. The second kappa shape index (κ2) is 4.84. The van der Waals surface area contributed by atoms with Crippen molar-refractivity contribution in [1.29, 1.82) is 0 Å². The standard InChI is InChI=1S/C14H17N3O2/c1-4-5-10-7-11-9(3)12(17(18)19)6-8(2)13(11)16-14(10)15/h6-7H,4-5H2,1-3H3,(H2,15,16). The Morgan fingerprint density at radius 1 is 1.37 bits per heavy atom. The van der Waals surface area contributed by atoms with Crippen LogP contribution in [-0.4, -0.2) is 9.91 Å². The van der Waals surface area contributed by atoms with Crippen molar-refractivity contribution in [2.24, 2.45) is 0 Å². The van der Waals surface area contributed by atoms with E-state index in [1.807, 2.05) is 13.0 Å². The van der Waals surface area contributed by atoms with Gasteiger partial charge in [0, 0.05) is 17.0 Å². The molecule has 1 heterocycles. The molecular weight excluding hydrogens is 242 g/mol. The van der Waals surface area contributed by atoms with E-state index in [9.17, 15) is 10.1 Å². The first-order chi connectivity index (χ1) is 8.95. The summed E-state index contributed by atoms with van der Waals surface area (Å²) in [6.45, 7) is 5.64. The molecule has 0 aliphatic rings. The molecule has 0 radical (unpaired) electrons. The zero-order valence-electron chi connectivity index (χ0n) is 11.4. The van der Waals surface area contributed by atoms with Crippen LogP contribution in [-0.2, 0) is 6.42 Å². The van der Waals surface area contributed by atoms with E-state index in [0.717, 1.165) is 34.9 Å². The average Bonchev–Trinajstić information content (AvgIpc) is 2.35. The molecule has 2 rings (SSSR count). The third kappa shape index (κ3) is 2.23. The molecule has 2 N–H and O–H groups in total. The normalized spacial score (nSPS) is 10.9. The van der Waals surface area contributed by atoms with Crippen LogP contribution in [0.3, 0.4) is 0 Å². The number of hydrogen-bond acceptors (Lipinski definition) is 4. The lowest BCUT2D eigenvalue weighted by atomic mass is 10.0. The molecule has 2 aromatic rings. The smallest absolute Gasteiger partial charge is 0.273 e. The highest BCUT2D eigenvalue weighted by atomic mass is 16.6. The van der Waals surface area contributed by atoms with E-state index in [-0.39, 0.29) is 10.6 Å². The number of pyridine rings is 1. The van der Waals surface area contributed by atoms with E-state index in [2.05, 4.69) is 11.9 Å². The van der Waals surface area contributed by atoms with Crippen LogP contribution >= 0.6 is 0 Å². The van der Waals surface area contributed by atoms with Gasteiger partial charge in [-0.15, -0.1) is 0 Å². The van der Waals surface area contributed by atoms with E-state index < -0.39 is 0 Å². The molecule has 0 fully saturated rings. The van der Waals surface area contributed by atoms with Crippen LogP contribution in [0.15, 0.2) is 12.1 Å². The van der Waals surface area contributed by atoms with E-state index in [1.54, 1.807) is 13.0 Å². The SMILES string of the molecule is CCCc1cc2c(C)c([N+](=O)[O-])cc(C)c2nc1N. The summed E-state index contributed by atoms with van der Waals surface area (Å²) in [7, 11) is 0. The highest BCUT2D eigenvalue weighted by molar-refractivity contribution is 5.90. The van der Waals surface area contributed by atoms with E-state index in [0.29, 0.717) is 11.4 Å². The lowest BCUT2D eigenvalue weighted by Gasteiger charge is -2.10. The maximum atomic E-state index is 11.1. The number of benzene rings is 1. The maximum absolute atomic E-state index is 11.1. The number of anilines is 1. The Morgan fingerprint density at radius 3 is 2.63 bits per heavy atom. The number of nitrogen functional groups attached to an aromatic ring is 1. The molecule has 0 saturated carbocycles. The van der Waals surface area contributed by atoms with Crippen molar-refractivity contribution in [3.8, 4) is 0 Å². The van der Waals surface area contributed by atoms with Crippen LogP contribution < -0.4 is 5.73 Å². The second-order valence-electron chi connectivity index (χ2n) is 4.77. The number of aryl methyl sites for hydroxylation is 3. The first-order valence-corrected chi connectivity index (χ1v) is 6.29. The summed E-state index contributed by atoms with van der Waals surface area (Å²) in [4.78, 5) is 15.1. The minimum absolute atomic E-state index is 0.138. The van der Waals surface area contributed by atoms with Gasteiger partial charge in [0.25, 0.3) is 5.69 Å². The molecule has 0 saturated heterocycles. The Kier molecular flexibility index (Phi) is 3.38. The molecule has 1 aromatic carbocycles. The van der Waals surface area contributed by atoms with Crippen molar-refractivity contribution >= 4 is 22.4 Å². The molecule has 100 valence electrons. The lowest BCUT2D eigenvalue weighted by Crippen LogP contribution is -2.02. The molecule has 0 aliphatic heterocycles. The van der Waals surface area contributed by atoms with Crippen molar-refractivity contribution in [3.63, 3.8) is 0 Å². The number of fused-ring (bicyclic) bond motifs is 1. The fourth-order valence-electron chi connectivity index (χ4n) is 2.33. The molecule has 19 heavy (non-hydrogen) atoms. The highest BCUT2D eigenvalue weighted by Crippen LogP contribution is 2.31. The summed E-state index contributed by atoms with van der Waals surface area (Å²) in [5.74, 6) is 0.519. The molecule has 0 unspecified atom stereocenters. The van der Waals surface area contributed by atoms with Crippen LogP contribution in [0.4, 0.5) is 11.5 Å². The fraction of sp³-hybridized carbons (Fsp3) is 0.357. The largest absolute Gasteiger partial charge is 0.383 e. The predicted molar refractivity (Wildman–Crippen MR) is 76.3 cm³/mol. The Hall–Kier alpha value is -2.17. The molecule has 5 nitrogen and oxygen atoms in total. The number of aromatic nitrogens is 1. The third-order valence-corrected chi connectivity index (χ3v) is 3.37. The number of nitro benzene ring substituents is 1. The van der Waals surface area contributed by atoms with Gasteiger partial charge < -0.3 is 5.73 Å². The van der Waals surface area contributed by atoms with E-state index in [1.165, 1.54) is 0 Å². The molecule has 0 atom stereocenters. The number of hydrogen-bond donors (Lipinski definition) is 1. The van der Waals surface area contributed by atoms with Gasteiger partial charge >= 0.3 is 0 Å². The summed E-state index contributed by atoms with van der Waals surface area (Å²) >= 11 is 0. The van der Waals surface area contributed by atoms with Gasteiger partial charge in [-0.2, -0.15) is 0 Å². The molecule has 0 bridgehead atoms. The van der Waals surface area contributed by atoms with Crippen LogP contribution in [0.25, 0.3) is 10.9 Å². The van der Waals surface area contributed by atoms with Gasteiger partial charge in [0.1, 0.15) is 5.82 Å². The van der Waals surface area contributed by atoms with Crippen molar-refractivity contribution in [1.82, 2.24) is 4.98 Å². The molecule has 0 spiro atoms. The van der Waals surface area contributed by atoms with Crippen molar-refractivity contribution in [2.75, 3.05) is 5.73 Å². The summed E-state index contributed by atoms with van der Waals surface area (Å²) < 4.78 is 0. The zero-order valence-corrected chi connectivity index (χ0v) is 11.4. The zero-order chi connectivity index (χ0) is 14.2. The summed E-state index contributed by atoms with van der Waals surface area (Å²) in [5, 5.41) is 11.9. The van der Waals surface area contributed by atoms with Crippen LogP contribution in [0.5, 0.6) is 0 Å². The Labute approximate surface area is 111 Å². The first kappa shape index (κ1) is 13.3. The van der Waals surface area contributed by atoms with Gasteiger partial charge in [-0.05, 0) is 37.5 Å². The molecule has 1 aromatic heterocycles. The number of nitrogens with zero attached hydrogens (tertiary/aromatic N) is 2. The van der Waals surface area contributed by atoms with Gasteiger partial charge in [0.15, 0.2) is 0 Å².